The second-order valence-electron chi connectivity index (χ2n) is 7.94. The summed E-state index contributed by atoms with van der Waals surface area (Å²) >= 11 is 0. The third-order valence-corrected chi connectivity index (χ3v) is 5.75. The number of likely N-dealkylation sites (tertiary alicyclic amines) is 1. The number of nitrogens with zero attached hydrogens (tertiary/aromatic N) is 2. The summed E-state index contributed by atoms with van der Waals surface area (Å²) in [4.78, 5) is 17.0. The van der Waals surface area contributed by atoms with Crippen LogP contribution in [0.15, 0.2) is 60.7 Å². The van der Waals surface area contributed by atoms with Gasteiger partial charge in [0, 0.05) is 43.9 Å². The Kier molecular flexibility index (Phi) is 7.03. The predicted molar refractivity (Wildman–Crippen MR) is 120 cm³/mol. The molecule has 1 amide bonds. The Morgan fingerprint density at radius 3 is 2.57 bits per heavy atom. The van der Waals surface area contributed by atoms with Crippen molar-refractivity contribution < 1.29 is 14.3 Å². The number of piperidine rings is 1. The average molecular weight is 407 g/mol. The van der Waals surface area contributed by atoms with Gasteiger partial charge in [-0.3, -0.25) is 4.79 Å². The molecule has 0 saturated carbocycles. The molecule has 2 aromatic carbocycles. The summed E-state index contributed by atoms with van der Waals surface area (Å²) in [5.41, 5.74) is 2.25. The van der Waals surface area contributed by atoms with E-state index >= 15 is 0 Å². The summed E-state index contributed by atoms with van der Waals surface area (Å²) in [6.07, 6.45) is 5.74. The maximum absolute atomic E-state index is 12.7. The second-order valence-corrected chi connectivity index (χ2v) is 7.94. The first-order valence-electron chi connectivity index (χ1n) is 10.9. The molecule has 0 bridgehead atoms. The third kappa shape index (κ3) is 5.63. The van der Waals surface area contributed by atoms with Crippen LogP contribution in [0.4, 0.5) is 5.69 Å². The lowest BCUT2D eigenvalue weighted by atomic mass is 9.99. The van der Waals surface area contributed by atoms with E-state index < -0.39 is 0 Å². The van der Waals surface area contributed by atoms with Gasteiger partial charge in [0.05, 0.1) is 19.8 Å². The number of carbonyl (C=O) groups is 1. The number of amides is 1. The first-order valence-corrected chi connectivity index (χ1v) is 10.9. The van der Waals surface area contributed by atoms with Crippen molar-refractivity contribution in [3.05, 3.63) is 66.2 Å². The van der Waals surface area contributed by atoms with Crippen molar-refractivity contribution in [3.8, 4) is 5.75 Å². The zero-order valence-corrected chi connectivity index (χ0v) is 17.4. The van der Waals surface area contributed by atoms with E-state index in [1.165, 1.54) is 5.69 Å². The van der Waals surface area contributed by atoms with Gasteiger partial charge in [-0.25, -0.2) is 0 Å². The van der Waals surface area contributed by atoms with Gasteiger partial charge in [0.15, 0.2) is 0 Å². The zero-order chi connectivity index (χ0) is 20.6. The van der Waals surface area contributed by atoms with Crippen molar-refractivity contribution in [2.75, 3.05) is 50.9 Å². The molecule has 158 valence electrons. The molecule has 5 heteroatoms. The van der Waals surface area contributed by atoms with E-state index in [4.69, 9.17) is 9.47 Å². The number of anilines is 1. The van der Waals surface area contributed by atoms with Crippen LogP contribution in [0, 0.1) is 5.92 Å². The Morgan fingerprint density at radius 2 is 1.80 bits per heavy atom. The van der Waals surface area contributed by atoms with Crippen LogP contribution >= 0.6 is 0 Å². The smallest absolute Gasteiger partial charge is 0.246 e. The summed E-state index contributed by atoms with van der Waals surface area (Å²) < 4.78 is 11.3. The van der Waals surface area contributed by atoms with Gasteiger partial charge in [0.25, 0.3) is 0 Å². The minimum Gasteiger partial charge on any atom is -0.493 e. The van der Waals surface area contributed by atoms with Crippen LogP contribution in [0.2, 0.25) is 0 Å². The highest BCUT2D eigenvalue weighted by Crippen LogP contribution is 2.20. The molecule has 0 aromatic heterocycles. The van der Waals surface area contributed by atoms with Gasteiger partial charge in [0.2, 0.25) is 5.91 Å². The van der Waals surface area contributed by atoms with E-state index in [1.54, 1.807) is 6.08 Å². The second kappa shape index (κ2) is 10.3. The van der Waals surface area contributed by atoms with E-state index in [2.05, 4.69) is 29.2 Å². The minimum absolute atomic E-state index is 0.0802. The Balaban J connectivity index is 1.27. The van der Waals surface area contributed by atoms with Crippen LogP contribution in [0.25, 0.3) is 6.08 Å². The largest absolute Gasteiger partial charge is 0.493 e. The molecule has 2 aromatic rings. The van der Waals surface area contributed by atoms with Crippen molar-refractivity contribution in [1.29, 1.82) is 0 Å². The van der Waals surface area contributed by atoms with Crippen LogP contribution in [0.1, 0.15) is 18.4 Å². The normalized spacial score (nSPS) is 19.8. The van der Waals surface area contributed by atoms with Crippen LogP contribution in [0.5, 0.6) is 5.75 Å². The maximum Gasteiger partial charge on any atom is 0.246 e. The van der Waals surface area contributed by atoms with Gasteiger partial charge in [0.1, 0.15) is 5.75 Å². The van der Waals surface area contributed by atoms with Crippen LogP contribution in [0.3, 0.4) is 0 Å². The Bertz CT molecular complexity index is 829. The minimum atomic E-state index is 0.0802. The highest BCUT2D eigenvalue weighted by atomic mass is 16.5. The number of ether oxygens (including phenoxy) is 2. The molecule has 0 radical (unpaired) electrons. The summed E-state index contributed by atoms with van der Waals surface area (Å²) in [5, 5.41) is 0. The molecule has 2 heterocycles. The lowest BCUT2D eigenvalue weighted by Gasteiger charge is -2.32. The van der Waals surface area contributed by atoms with Crippen LogP contribution in [-0.4, -0.2) is 56.8 Å². The lowest BCUT2D eigenvalue weighted by Crippen LogP contribution is -2.40. The predicted octanol–water partition coefficient (Wildman–Crippen LogP) is 3.85. The SMILES string of the molecule is O=C(/C=C/c1ccc(N2CCOCC2)cc1)N1CCCC(COc2ccccc2)C1. The fourth-order valence-corrected chi connectivity index (χ4v) is 4.02. The molecule has 0 N–H and O–H groups in total. The third-order valence-electron chi connectivity index (χ3n) is 5.75. The Hall–Kier alpha value is -2.79. The van der Waals surface area contributed by atoms with Gasteiger partial charge < -0.3 is 19.3 Å². The molecule has 0 aliphatic carbocycles. The number of para-hydroxylation sites is 1. The lowest BCUT2D eigenvalue weighted by molar-refractivity contribution is -0.127. The standard InChI is InChI=1S/C25H30N2O3/c28-25(13-10-21-8-11-23(12-9-21)26-15-17-29-18-16-26)27-14-4-5-22(19-27)20-30-24-6-2-1-3-7-24/h1-3,6-13,22H,4-5,14-20H2/b13-10+. The number of rotatable bonds is 6. The molecule has 2 aliphatic rings. The molecule has 4 rings (SSSR count). The first-order chi connectivity index (χ1) is 14.8. The van der Waals surface area contributed by atoms with Gasteiger partial charge in [-0.15, -0.1) is 0 Å². The summed E-state index contributed by atoms with van der Waals surface area (Å²) in [5.74, 6) is 1.35. The van der Waals surface area contributed by atoms with E-state index in [0.717, 1.165) is 63.5 Å². The molecule has 0 spiro atoms. The van der Waals surface area contributed by atoms with Crippen LogP contribution in [-0.2, 0) is 9.53 Å². The highest BCUT2D eigenvalue weighted by Gasteiger charge is 2.23. The monoisotopic (exact) mass is 406 g/mol. The molecule has 2 saturated heterocycles. The zero-order valence-electron chi connectivity index (χ0n) is 17.4. The number of benzene rings is 2. The van der Waals surface area contributed by atoms with Crippen LogP contribution < -0.4 is 9.64 Å². The van der Waals surface area contributed by atoms with Gasteiger partial charge in [-0.2, -0.15) is 0 Å². The molecule has 1 atom stereocenters. The topological polar surface area (TPSA) is 42.0 Å². The van der Waals surface area contributed by atoms with Crippen molar-refractivity contribution in [2.45, 2.75) is 12.8 Å². The molecular formula is C25H30N2O3. The quantitative estimate of drug-likeness (QED) is 0.684. The molecule has 2 aliphatic heterocycles. The number of carbonyl (C=O) groups excluding carboxylic acids is 1. The first kappa shape index (κ1) is 20.5. The van der Waals surface area contributed by atoms with Gasteiger partial charge >= 0.3 is 0 Å². The maximum atomic E-state index is 12.7. The molecular weight excluding hydrogens is 376 g/mol. The van der Waals surface area contributed by atoms with Gasteiger partial charge in [-0.1, -0.05) is 30.3 Å². The molecule has 30 heavy (non-hydrogen) atoms. The van der Waals surface area contributed by atoms with Gasteiger partial charge in [-0.05, 0) is 48.7 Å². The Morgan fingerprint density at radius 1 is 1.03 bits per heavy atom. The summed E-state index contributed by atoms with van der Waals surface area (Å²) in [6.45, 7) is 5.65. The Labute approximate surface area is 178 Å². The summed E-state index contributed by atoms with van der Waals surface area (Å²) in [7, 11) is 0. The highest BCUT2D eigenvalue weighted by molar-refractivity contribution is 5.91. The van der Waals surface area contributed by atoms with E-state index in [9.17, 15) is 4.79 Å². The van der Waals surface area contributed by atoms with Crippen molar-refractivity contribution in [1.82, 2.24) is 4.90 Å². The fourth-order valence-electron chi connectivity index (χ4n) is 4.02. The average Bonchev–Trinajstić information content (AvgIpc) is 2.83. The van der Waals surface area contributed by atoms with Crippen molar-refractivity contribution >= 4 is 17.7 Å². The summed E-state index contributed by atoms with van der Waals surface area (Å²) in [6, 6.07) is 18.3. The molecule has 5 nitrogen and oxygen atoms in total. The fraction of sp³-hybridized carbons (Fsp3) is 0.400. The molecule has 2 fully saturated rings. The van der Waals surface area contributed by atoms with E-state index in [-0.39, 0.29) is 5.91 Å². The van der Waals surface area contributed by atoms with Crippen molar-refractivity contribution in [2.24, 2.45) is 5.92 Å². The molecule has 1 unspecified atom stereocenters. The van der Waals surface area contributed by atoms with Crippen molar-refractivity contribution in [3.63, 3.8) is 0 Å². The van der Waals surface area contributed by atoms with E-state index in [0.29, 0.717) is 12.5 Å². The number of morpholine rings is 1. The number of hydrogen-bond donors (Lipinski definition) is 0. The number of hydrogen-bond acceptors (Lipinski definition) is 4. The van der Waals surface area contributed by atoms with E-state index in [1.807, 2.05) is 41.3 Å².